The number of nitrogens with one attached hydrogen (secondary N) is 1. The van der Waals surface area contributed by atoms with Crippen LogP contribution in [0, 0.1) is 0 Å². The highest BCUT2D eigenvalue weighted by Crippen LogP contribution is 2.14. The molecule has 4 nitrogen and oxygen atoms in total. The number of hydrogen-bond acceptors (Lipinski definition) is 4. The zero-order valence-corrected chi connectivity index (χ0v) is 10.2. The molecule has 0 aromatic heterocycles. The molecule has 88 valence electrons. The van der Waals surface area contributed by atoms with Crippen LogP contribution in [-0.4, -0.2) is 54.5 Å². The molecule has 0 saturated carbocycles. The maximum absolute atomic E-state index is 11.8. The first-order chi connectivity index (χ1) is 7.24. The second-order valence-electron chi connectivity index (χ2n) is 3.83. The number of thioether (sulfide) groups is 1. The van der Waals surface area contributed by atoms with Crippen molar-refractivity contribution in [3.63, 3.8) is 0 Å². The first kappa shape index (κ1) is 12.8. The predicted molar refractivity (Wildman–Crippen MR) is 65.0 cm³/mol. The van der Waals surface area contributed by atoms with Crippen LogP contribution in [0.15, 0.2) is 0 Å². The molecule has 0 aromatic rings. The van der Waals surface area contributed by atoms with Crippen molar-refractivity contribution in [1.29, 1.82) is 0 Å². The molecular weight excluding hydrogens is 210 g/mol. The molecule has 1 saturated heterocycles. The van der Waals surface area contributed by atoms with Gasteiger partial charge >= 0.3 is 0 Å². The van der Waals surface area contributed by atoms with E-state index in [0.717, 1.165) is 32.6 Å². The maximum Gasteiger partial charge on any atom is 0.232 e. The van der Waals surface area contributed by atoms with E-state index in [-0.39, 0.29) is 5.91 Å². The lowest BCUT2D eigenvalue weighted by atomic mass is 10.3. The quantitative estimate of drug-likeness (QED) is 0.693. The van der Waals surface area contributed by atoms with E-state index in [4.69, 9.17) is 5.73 Å². The van der Waals surface area contributed by atoms with E-state index in [0.29, 0.717) is 17.5 Å². The fraction of sp³-hybridized carbons (Fsp3) is 0.900. The Bertz CT molecular complexity index is 195. The van der Waals surface area contributed by atoms with Crippen molar-refractivity contribution in [3.8, 4) is 0 Å². The summed E-state index contributed by atoms with van der Waals surface area (Å²) in [6.07, 6.45) is 0.986. The zero-order chi connectivity index (χ0) is 11.1. The van der Waals surface area contributed by atoms with Crippen molar-refractivity contribution in [3.05, 3.63) is 0 Å². The van der Waals surface area contributed by atoms with Crippen molar-refractivity contribution >= 4 is 17.7 Å². The van der Waals surface area contributed by atoms with Crippen LogP contribution in [0.5, 0.6) is 0 Å². The third-order valence-corrected chi connectivity index (χ3v) is 3.75. The fourth-order valence-corrected chi connectivity index (χ4v) is 2.45. The topological polar surface area (TPSA) is 58.4 Å². The molecule has 15 heavy (non-hydrogen) atoms. The molecule has 1 amide bonds. The highest BCUT2D eigenvalue weighted by molar-refractivity contribution is 8.00. The Morgan fingerprint density at radius 2 is 2.20 bits per heavy atom. The van der Waals surface area contributed by atoms with Gasteiger partial charge in [-0.05, 0) is 13.0 Å². The molecule has 1 atom stereocenters. The molecule has 5 heteroatoms. The van der Waals surface area contributed by atoms with Crippen molar-refractivity contribution in [2.75, 3.05) is 38.5 Å². The summed E-state index contributed by atoms with van der Waals surface area (Å²) >= 11 is 1.71. The van der Waals surface area contributed by atoms with Crippen LogP contribution in [0.2, 0.25) is 0 Å². The van der Waals surface area contributed by atoms with Crippen molar-refractivity contribution in [2.45, 2.75) is 18.6 Å². The first-order valence-corrected chi connectivity index (χ1v) is 6.59. The number of nitrogens with two attached hydrogens (primary N) is 1. The number of carbonyl (C=O) groups is 1. The lowest BCUT2D eigenvalue weighted by Crippen LogP contribution is -2.47. The molecule has 1 heterocycles. The summed E-state index contributed by atoms with van der Waals surface area (Å²) in [4.78, 5) is 13.7. The minimum Gasteiger partial charge on any atom is -0.339 e. The molecule has 0 radical (unpaired) electrons. The summed E-state index contributed by atoms with van der Waals surface area (Å²) < 4.78 is 0. The fourth-order valence-electron chi connectivity index (χ4n) is 1.54. The Balaban J connectivity index is 2.16. The van der Waals surface area contributed by atoms with Gasteiger partial charge in [-0.1, -0.05) is 6.92 Å². The summed E-state index contributed by atoms with van der Waals surface area (Å²) in [5.41, 5.74) is 5.46. The van der Waals surface area contributed by atoms with Gasteiger partial charge in [-0.15, -0.1) is 11.8 Å². The Hall–Kier alpha value is -0.260. The van der Waals surface area contributed by atoms with E-state index in [1.54, 1.807) is 11.8 Å². The second-order valence-corrected chi connectivity index (χ2v) is 5.26. The van der Waals surface area contributed by atoms with Crippen molar-refractivity contribution in [2.24, 2.45) is 5.73 Å². The van der Waals surface area contributed by atoms with Crippen LogP contribution < -0.4 is 11.1 Å². The van der Waals surface area contributed by atoms with E-state index in [1.807, 2.05) is 4.90 Å². The molecule has 0 bridgehead atoms. The molecule has 1 fully saturated rings. The van der Waals surface area contributed by atoms with E-state index in [1.165, 1.54) is 0 Å². The Morgan fingerprint density at radius 1 is 1.53 bits per heavy atom. The molecule has 1 rings (SSSR count). The minimum absolute atomic E-state index is 0.269. The van der Waals surface area contributed by atoms with Gasteiger partial charge in [0.05, 0.1) is 5.75 Å². The third-order valence-electron chi connectivity index (χ3n) is 2.53. The van der Waals surface area contributed by atoms with Crippen molar-refractivity contribution < 1.29 is 4.79 Å². The molecule has 0 spiro atoms. The van der Waals surface area contributed by atoms with Gasteiger partial charge in [-0.3, -0.25) is 4.79 Å². The SMILES string of the molecule is CC(CCN)SCC(=O)N1CCNCC1. The molecular formula is C10H21N3OS. The number of nitrogens with zero attached hydrogens (tertiary/aromatic N) is 1. The van der Waals surface area contributed by atoms with Gasteiger partial charge in [-0.25, -0.2) is 0 Å². The molecule has 1 unspecified atom stereocenters. The average molecular weight is 231 g/mol. The summed E-state index contributed by atoms with van der Waals surface area (Å²) in [5.74, 6) is 0.867. The molecule has 1 aliphatic rings. The van der Waals surface area contributed by atoms with Gasteiger partial charge in [0, 0.05) is 31.4 Å². The van der Waals surface area contributed by atoms with Gasteiger partial charge in [0.2, 0.25) is 5.91 Å². The number of piperazine rings is 1. The first-order valence-electron chi connectivity index (χ1n) is 5.54. The van der Waals surface area contributed by atoms with E-state index >= 15 is 0 Å². The van der Waals surface area contributed by atoms with Crippen LogP contribution in [-0.2, 0) is 4.79 Å². The van der Waals surface area contributed by atoms with Gasteiger partial charge in [-0.2, -0.15) is 0 Å². The van der Waals surface area contributed by atoms with Gasteiger partial charge in [0.15, 0.2) is 0 Å². The predicted octanol–water partition coefficient (Wildman–Crippen LogP) is -0.111. The highest BCUT2D eigenvalue weighted by Gasteiger charge is 2.16. The van der Waals surface area contributed by atoms with E-state index < -0.39 is 0 Å². The maximum atomic E-state index is 11.8. The minimum atomic E-state index is 0.269. The van der Waals surface area contributed by atoms with E-state index in [2.05, 4.69) is 12.2 Å². The third kappa shape index (κ3) is 4.86. The summed E-state index contributed by atoms with van der Waals surface area (Å²) in [7, 11) is 0. The largest absolute Gasteiger partial charge is 0.339 e. The molecule has 3 N–H and O–H groups in total. The summed E-state index contributed by atoms with van der Waals surface area (Å²) in [5, 5.41) is 3.73. The molecule has 1 aliphatic heterocycles. The Labute approximate surface area is 96.0 Å². The Kier molecular flexibility index (Phi) is 6.05. The molecule has 0 aromatic carbocycles. The summed E-state index contributed by atoms with van der Waals surface area (Å²) in [6.45, 7) is 6.39. The summed E-state index contributed by atoms with van der Waals surface area (Å²) in [6, 6.07) is 0. The van der Waals surface area contributed by atoms with Gasteiger partial charge in [0.25, 0.3) is 0 Å². The van der Waals surface area contributed by atoms with Crippen LogP contribution in [0.4, 0.5) is 0 Å². The number of amides is 1. The zero-order valence-electron chi connectivity index (χ0n) is 9.37. The van der Waals surface area contributed by atoms with Crippen LogP contribution >= 0.6 is 11.8 Å². The molecule has 0 aliphatic carbocycles. The lowest BCUT2D eigenvalue weighted by Gasteiger charge is -2.27. The Morgan fingerprint density at radius 3 is 2.80 bits per heavy atom. The van der Waals surface area contributed by atoms with E-state index in [9.17, 15) is 4.79 Å². The van der Waals surface area contributed by atoms with Gasteiger partial charge in [0.1, 0.15) is 0 Å². The highest BCUT2D eigenvalue weighted by atomic mass is 32.2. The standard InChI is InChI=1S/C10H21N3OS/c1-9(2-3-11)15-8-10(14)13-6-4-12-5-7-13/h9,12H,2-8,11H2,1H3. The number of hydrogen-bond donors (Lipinski definition) is 2. The number of carbonyl (C=O) groups excluding carboxylic acids is 1. The monoisotopic (exact) mass is 231 g/mol. The van der Waals surface area contributed by atoms with Crippen LogP contribution in [0.3, 0.4) is 0 Å². The van der Waals surface area contributed by atoms with Crippen LogP contribution in [0.25, 0.3) is 0 Å². The van der Waals surface area contributed by atoms with Crippen molar-refractivity contribution in [1.82, 2.24) is 10.2 Å². The normalized spacial score (nSPS) is 18.9. The average Bonchev–Trinajstić information content (AvgIpc) is 2.27. The smallest absolute Gasteiger partial charge is 0.232 e. The lowest BCUT2D eigenvalue weighted by molar-refractivity contribution is -0.128. The van der Waals surface area contributed by atoms with Gasteiger partial charge < -0.3 is 16.0 Å². The second kappa shape index (κ2) is 7.09. The number of rotatable bonds is 5. The van der Waals surface area contributed by atoms with Crippen LogP contribution in [0.1, 0.15) is 13.3 Å².